The fraction of sp³-hybridized carbons (Fsp3) is 0.167. The first kappa shape index (κ1) is 13.9. The van der Waals surface area contributed by atoms with Crippen LogP contribution in [-0.4, -0.2) is 23.0 Å². The quantitative estimate of drug-likeness (QED) is 0.701. The van der Waals surface area contributed by atoms with E-state index in [1.54, 1.807) is 0 Å². The van der Waals surface area contributed by atoms with Crippen LogP contribution < -0.4 is 11.1 Å². The van der Waals surface area contributed by atoms with Gasteiger partial charge in [-0.2, -0.15) is 0 Å². The number of terminal acetylenes is 1. The number of rotatable bonds is 5. The van der Waals surface area contributed by atoms with Crippen molar-refractivity contribution in [1.82, 2.24) is 0 Å². The van der Waals surface area contributed by atoms with Crippen LogP contribution in [0, 0.1) is 12.3 Å². The molecule has 0 radical (unpaired) electrons. The summed E-state index contributed by atoms with van der Waals surface area (Å²) >= 11 is 5.84. The molecule has 1 rings (SSSR count). The van der Waals surface area contributed by atoms with Crippen molar-refractivity contribution in [3.05, 3.63) is 28.8 Å². The van der Waals surface area contributed by atoms with Gasteiger partial charge in [-0.25, -0.2) is 4.79 Å². The molecule has 0 aliphatic rings. The minimum absolute atomic E-state index is 0.0323. The minimum atomic E-state index is -1.07. The number of amides is 1. The summed E-state index contributed by atoms with van der Waals surface area (Å²) in [5, 5.41) is 11.8. The number of hydrogen-bond donors (Lipinski definition) is 3. The topological polar surface area (TPSA) is 92.4 Å². The Kier molecular flexibility index (Phi) is 4.58. The van der Waals surface area contributed by atoms with Crippen LogP contribution in [-0.2, 0) is 4.79 Å². The van der Waals surface area contributed by atoms with Crippen LogP contribution in [0.25, 0.3) is 0 Å². The monoisotopic (exact) mass is 266 g/mol. The van der Waals surface area contributed by atoms with Gasteiger partial charge in [-0.3, -0.25) is 4.79 Å². The fourth-order valence-corrected chi connectivity index (χ4v) is 1.60. The largest absolute Gasteiger partial charge is 0.480 e. The molecule has 0 heterocycles. The van der Waals surface area contributed by atoms with Crippen LogP contribution in [0.4, 0.5) is 5.69 Å². The van der Waals surface area contributed by atoms with Crippen LogP contribution in [0.1, 0.15) is 16.8 Å². The Labute approximate surface area is 109 Å². The maximum Gasteiger partial charge on any atom is 0.327 e. The highest BCUT2D eigenvalue weighted by Gasteiger charge is 2.16. The third-order valence-electron chi connectivity index (χ3n) is 2.20. The van der Waals surface area contributed by atoms with Gasteiger partial charge in [0.05, 0.1) is 10.6 Å². The zero-order chi connectivity index (χ0) is 13.7. The fourth-order valence-electron chi connectivity index (χ4n) is 1.32. The van der Waals surface area contributed by atoms with Crippen molar-refractivity contribution in [2.75, 3.05) is 5.32 Å². The smallest absolute Gasteiger partial charge is 0.327 e. The molecule has 1 aromatic carbocycles. The summed E-state index contributed by atoms with van der Waals surface area (Å²) in [6, 6.07) is 3.44. The van der Waals surface area contributed by atoms with Crippen molar-refractivity contribution in [2.24, 2.45) is 5.73 Å². The van der Waals surface area contributed by atoms with Crippen molar-refractivity contribution >= 4 is 29.2 Å². The Balaban J connectivity index is 2.92. The molecule has 0 aromatic heterocycles. The molecule has 0 aliphatic carbocycles. The average molecular weight is 267 g/mol. The van der Waals surface area contributed by atoms with Crippen LogP contribution in [0.5, 0.6) is 0 Å². The van der Waals surface area contributed by atoms with Gasteiger partial charge in [0.15, 0.2) is 0 Å². The molecule has 0 saturated heterocycles. The third kappa shape index (κ3) is 3.40. The van der Waals surface area contributed by atoms with Crippen molar-refractivity contribution in [3.63, 3.8) is 0 Å². The summed E-state index contributed by atoms with van der Waals surface area (Å²) in [5.41, 5.74) is 5.72. The van der Waals surface area contributed by atoms with E-state index in [4.69, 9.17) is 28.9 Å². The second-order valence-electron chi connectivity index (χ2n) is 3.50. The van der Waals surface area contributed by atoms with Crippen molar-refractivity contribution in [3.8, 4) is 12.3 Å². The molecular weight excluding hydrogens is 256 g/mol. The number of benzene rings is 1. The maximum absolute atomic E-state index is 11.0. The Morgan fingerprint density at radius 2 is 2.22 bits per heavy atom. The number of halogens is 1. The summed E-state index contributed by atoms with van der Waals surface area (Å²) in [6.07, 6.45) is 5.11. The van der Waals surface area contributed by atoms with E-state index in [0.29, 0.717) is 5.69 Å². The third-order valence-corrected chi connectivity index (χ3v) is 2.51. The predicted octanol–water partition coefficient (Wildman–Crippen LogP) is 1.33. The normalized spacial score (nSPS) is 11.3. The van der Waals surface area contributed by atoms with Crippen LogP contribution in [0.2, 0.25) is 5.02 Å². The Hall–Kier alpha value is -2.19. The summed E-state index contributed by atoms with van der Waals surface area (Å²) in [6.45, 7) is 0. The van der Waals surface area contributed by atoms with Crippen LogP contribution in [0.3, 0.4) is 0 Å². The van der Waals surface area contributed by atoms with E-state index in [2.05, 4.69) is 11.2 Å². The predicted molar refractivity (Wildman–Crippen MR) is 68.5 cm³/mol. The van der Waals surface area contributed by atoms with Gasteiger partial charge in [-0.1, -0.05) is 11.6 Å². The molecule has 18 heavy (non-hydrogen) atoms. The Bertz CT molecular complexity index is 523. The molecule has 0 saturated carbocycles. The number of carboxylic acids is 1. The van der Waals surface area contributed by atoms with Crippen LogP contribution >= 0.6 is 11.6 Å². The van der Waals surface area contributed by atoms with Crippen molar-refractivity contribution in [1.29, 1.82) is 0 Å². The molecule has 5 nitrogen and oxygen atoms in total. The van der Waals surface area contributed by atoms with E-state index in [1.165, 1.54) is 18.2 Å². The van der Waals surface area contributed by atoms with E-state index >= 15 is 0 Å². The summed E-state index contributed by atoms with van der Waals surface area (Å²) < 4.78 is 0. The van der Waals surface area contributed by atoms with Gasteiger partial charge in [0, 0.05) is 12.1 Å². The number of nitrogens with one attached hydrogen (secondary N) is 1. The summed E-state index contributed by atoms with van der Waals surface area (Å²) in [4.78, 5) is 21.9. The first-order valence-electron chi connectivity index (χ1n) is 4.98. The molecular formula is C12H11ClN2O3. The number of carboxylic acid groups (broad SMARTS) is 1. The first-order chi connectivity index (χ1) is 8.45. The number of nitrogens with two attached hydrogens (primary N) is 1. The second-order valence-corrected chi connectivity index (χ2v) is 3.91. The zero-order valence-electron chi connectivity index (χ0n) is 9.31. The van der Waals surface area contributed by atoms with E-state index < -0.39 is 17.9 Å². The standard InChI is InChI=1S/C12H11ClN2O3/c1-2-3-10(12(17)18)15-7-4-5-8(11(14)16)9(13)6-7/h1,4-6,10,15H,3H2,(H2,14,16)(H,17,18). The SMILES string of the molecule is C#CCC(Nc1ccc(C(N)=O)c(Cl)c1)C(=O)O. The zero-order valence-corrected chi connectivity index (χ0v) is 10.1. The van der Waals surface area contributed by atoms with Crippen molar-refractivity contribution in [2.45, 2.75) is 12.5 Å². The van der Waals surface area contributed by atoms with E-state index in [-0.39, 0.29) is 17.0 Å². The Morgan fingerprint density at radius 1 is 1.56 bits per heavy atom. The number of primary amides is 1. The molecule has 94 valence electrons. The van der Waals surface area contributed by atoms with Gasteiger partial charge in [0.25, 0.3) is 0 Å². The number of carbonyl (C=O) groups is 2. The molecule has 4 N–H and O–H groups in total. The maximum atomic E-state index is 11.0. The van der Waals surface area contributed by atoms with Gasteiger partial charge in [-0.05, 0) is 18.2 Å². The van der Waals surface area contributed by atoms with E-state index in [1.807, 2.05) is 0 Å². The second kappa shape index (κ2) is 5.94. The van der Waals surface area contributed by atoms with Gasteiger partial charge in [0.2, 0.25) is 5.91 Å². The first-order valence-corrected chi connectivity index (χ1v) is 5.35. The number of anilines is 1. The highest BCUT2D eigenvalue weighted by atomic mass is 35.5. The minimum Gasteiger partial charge on any atom is -0.480 e. The van der Waals surface area contributed by atoms with Crippen molar-refractivity contribution < 1.29 is 14.7 Å². The molecule has 1 amide bonds. The lowest BCUT2D eigenvalue weighted by Crippen LogP contribution is -2.28. The van der Waals surface area contributed by atoms with E-state index in [9.17, 15) is 9.59 Å². The lowest BCUT2D eigenvalue weighted by atomic mass is 10.1. The van der Waals surface area contributed by atoms with Gasteiger partial charge in [-0.15, -0.1) is 12.3 Å². The number of aliphatic carboxylic acids is 1. The molecule has 0 aliphatic heterocycles. The number of carbonyl (C=O) groups excluding carboxylic acids is 1. The van der Waals surface area contributed by atoms with Crippen LogP contribution in [0.15, 0.2) is 18.2 Å². The summed E-state index contributed by atoms with van der Waals surface area (Å²) in [5.74, 6) is 0.548. The average Bonchev–Trinajstić information content (AvgIpc) is 2.27. The van der Waals surface area contributed by atoms with E-state index in [0.717, 1.165) is 0 Å². The molecule has 0 bridgehead atoms. The molecule has 1 atom stereocenters. The molecule has 6 heteroatoms. The molecule has 0 spiro atoms. The molecule has 1 aromatic rings. The molecule has 1 unspecified atom stereocenters. The lowest BCUT2D eigenvalue weighted by molar-refractivity contribution is -0.137. The highest BCUT2D eigenvalue weighted by molar-refractivity contribution is 6.34. The number of hydrogen-bond acceptors (Lipinski definition) is 3. The summed E-state index contributed by atoms with van der Waals surface area (Å²) in [7, 11) is 0. The highest BCUT2D eigenvalue weighted by Crippen LogP contribution is 2.21. The van der Waals surface area contributed by atoms with Gasteiger partial charge >= 0.3 is 5.97 Å². The molecule has 0 fully saturated rings. The van der Waals surface area contributed by atoms with Gasteiger partial charge in [0.1, 0.15) is 6.04 Å². The Morgan fingerprint density at radius 3 is 2.67 bits per heavy atom. The van der Waals surface area contributed by atoms with Gasteiger partial charge < -0.3 is 16.2 Å². The lowest BCUT2D eigenvalue weighted by Gasteiger charge is -2.13.